The Labute approximate surface area is 156 Å². The Morgan fingerprint density at radius 2 is 1.77 bits per heavy atom. The number of methoxy groups -OCH3 is 1. The van der Waals surface area contributed by atoms with Crippen molar-refractivity contribution in [3.63, 3.8) is 0 Å². The highest BCUT2D eigenvalue weighted by atomic mass is 16.5. The van der Waals surface area contributed by atoms with Crippen molar-refractivity contribution < 1.29 is 14.3 Å². The predicted octanol–water partition coefficient (Wildman–Crippen LogP) is 4.06. The standard InChI is InChI=1S/C20H25NO3.C2H4/c1-4-16(5-2)15-21-13-11-20(12-14-21,19(23)24-3)18(22)17-9-7-6-8-10-17;1-2/h4-10H,1,11-15H2,2-3H3;1-2H2/b16-5+;. The van der Waals surface area contributed by atoms with Gasteiger partial charge in [0.2, 0.25) is 0 Å². The van der Waals surface area contributed by atoms with Gasteiger partial charge in [-0.15, -0.1) is 13.2 Å². The van der Waals surface area contributed by atoms with Gasteiger partial charge in [-0.1, -0.05) is 49.1 Å². The molecule has 140 valence electrons. The number of ether oxygens (including phenoxy) is 1. The lowest BCUT2D eigenvalue weighted by molar-refractivity contribution is -0.152. The first-order chi connectivity index (χ1) is 12.6. The van der Waals surface area contributed by atoms with E-state index in [1.54, 1.807) is 12.1 Å². The third kappa shape index (κ3) is 4.79. The zero-order valence-electron chi connectivity index (χ0n) is 15.9. The third-order valence-electron chi connectivity index (χ3n) is 4.80. The number of hydrogen-bond acceptors (Lipinski definition) is 4. The lowest BCUT2D eigenvalue weighted by Gasteiger charge is -2.38. The molecule has 1 aromatic carbocycles. The molecule has 0 aromatic heterocycles. The van der Waals surface area contributed by atoms with Crippen LogP contribution >= 0.6 is 0 Å². The molecule has 0 amide bonds. The summed E-state index contributed by atoms with van der Waals surface area (Å²) in [5.74, 6) is -0.560. The summed E-state index contributed by atoms with van der Waals surface area (Å²) in [6.45, 7) is 13.9. The van der Waals surface area contributed by atoms with Crippen LogP contribution in [-0.4, -0.2) is 43.4 Å². The Balaban J connectivity index is 0.00000163. The van der Waals surface area contributed by atoms with Crippen molar-refractivity contribution in [3.8, 4) is 0 Å². The second-order valence-corrected chi connectivity index (χ2v) is 6.11. The monoisotopic (exact) mass is 355 g/mol. The van der Waals surface area contributed by atoms with E-state index in [4.69, 9.17) is 4.74 Å². The van der Waals surface area contributed by atoms with Crippen LogP contribution in [0, 0.1) is 5.41 Å². The molecule has 26 heavy (non-hydrogen) atoms. The molecular formula is C22H29NO3. The molecule has 1 aliphatic heterocycles. The molecule has 0 unspecified atom stereocenters. The molecule has 0 aliphatic carbocycles. The van der Waals surface area contributed by atoms with Gasteiger partial charge in [-0.05, 0) is 25.3 Å². The van der Waals surface area contributed by atoms with Crippen molar-refractivity contribution >= 4 is 11.8 Å². The average Bonchev–Trinajstić information content (AvgIpc) is 2.73. The van der Waals surface area contributed by atoms with Gasteiger partial charge in [0.15, 0.2) is 5.78 Å². The molecule has 2 rings (SSSR count). The molecule has 1 aromatic rings. The van der Waals surface area contributed by atoms with E-state index in [1.807, 2.05) is 37.3 Å². The lowest BCUT2D eigenvalue weighted by atomic mass is 9.72. The molecule has 0 radical (unpaired) electrons. The van der Waals surface area contributed by atoms with Crippen LogP contribution in [0.1, 0.15) is 30.1 Å². The zero-order chi connectivity index (χ0) is 19.6. The number of benzene rings is 1. The topological polar surface area (TPSA) is 46.6 Å². The predicted molar refractivity (Wildman–Crippen MR) is 106 cm³/mol. The first-order valence-electron chi connectivity index (χ1n) is 8.75. The van der Waals surface area contributed by atoms with Crippen molar-refractivity contribution in [1.29, 1.82) is 0 Å². The van der Waals surface area contributed by atoms with Gasteiger partial charge in [0.25, 0.3) is 0 Å². The third-order valence-corrected chi connectivity index (χ3v) is 4.80. The van der Waals surface area contributed by atoms with Crippen LogP contribution in [0.15, 0.2) is 67.8 Å². The number of esters is 1. The van der Waals surface area contributed by atoms with Gasteiger partial charge in [0.1, 0.15) is 5.41 Å². The molecule has 4 nitrogen and oxygen atoms in total. The van der Waals surface area contributed by atoms with Crippen LogP contribution in [0.4, 0.5) is 0 Å². The fourth-order valence-corrected chi connectivity index (χ4v) is 3.21. The van der Waals surface area contributed by atoms with Crippen molar-refractivity contribution in [2.75, 3.05) is 26.7 Å². The fraction of sp³-hybridized carbons (Fsp3) is 0.364. The smallest absolute Gasteiger partial charge is 0.319 e. The van der Waals surface area contributed by atoms with Gasteiger partial charge in [-0.3, -0.25) is 14.5 Å². The zero-order valence-corrected chi connectivity index (χ0v) is 15.9. The largest absolute Gasteiger partial charge is 0.468 e. The summed E-state index contributed by atoms with van der Waals surface area (Å²) in [5, 5.41) is 0. The Bertz CT molecular complexity index is 641. The molecule has 0 saturated carbocycles. The Kier molecular flexibility index (Phi) is 8.73. The van der Waals surface area contributed by atoms with Gasteiger partial charge >= 0.3 is 5.97 Å². The summed E-state index contributed by atoms with van der Waals surface area (Å²) in [6, 6.07) is 9.01. The number of piperidine rings is 1. The van der Waals surface area contributed by atoms with Crippen LogP contribution in [-0.2, 0) is 9.53 Å². The van der Waals surface area contributed by atoms with E-state index in [9.17, 15) is 9.59 Å². The summed E-state index contributed by atoms with van der Waals surface area (Å²) in [7, 11) is 1.35. The highest BCUT2D eigenvalue weighted by molar-refractivity contribution is 6.12. The molecule has 0 spiro atoms. The number of hydrogen-bond donors (Lipinski definition) is 0. The van der Waals surface area contributed by atoms with E-state index in [2.05, 4.69) is 24.6 Å². The lowest BCUT2D eigenvalue weighted by Crippen LogP contribution is -2.49. The maximum atomic E-state index is 13.0. The van der Waals surface area contributed by atoms with Gasteiger partial charge in [-0.2, -0.15) is 0 Å². The molecular weight excluding hydrogens is 326 g/mol. The first-order valence-corrected chi connectivity index (χ1v) is 8.75. The summed E-state index contributed by atoms with van der Waals surface area (Å²) >= 11 is 0. The van der Waals surface area contributed by atoms with Crippen LogP contribution < -0.4 is 0 Å². The van der Waals surface area contributed by atoms with Crippen LogP contribution in [0.3, 0.4) is 0 Å². The van der Waals surface area contributed by atoms with E-state index in [1.165, 1.54) is 7.11 Å². The number of nitrogens with zero attached hydrogens (tertiary/aromatic N) is 1. The van der Waals surface area contributed by atoms with Gasteiger partial charge in [-0.25, -0.2) is 0 Å². The number of rotatable bonds is 6. The van der Waals surface area contributed by atoms with Crippen molar-refractivity contribution in [2.45, 2.75) is 19.8 Å². The molecule has 1 saturated heterocycles. The minimum absolute atomic E-state index is 0.135. The fourth-order valence-electron chi connectivity index (χ4n) is 3.21. The molecule has 4 heteroatoms. The first kappa shape index (κ1) is 21.6. The van der Waals surface area contributed by atoms with Crippen molar-refractivity contribution in [3.05, 3.63) is 73.4 Å². The van der Waals surface area contributed by atoms with E-state index in [0.29, 0.717) is 31.5 Å². The summed E-state index contributed by atoms with van der Waals surface area (Å²) in [6.07, 6.45) is 4.82. The summed E-state index contributed by atoms with van der Waals surface area (Å²) < 4.78 is 4.99. The molecule has 0 atom stereocenters. The molecule has 1 heterocycles. The Morgan fingerprint density at radius 3 is 2.23 bits per heavy atom. The number of ketones is 1. The van der Waals surface area contributed by atoms with Gasteiger partial charge in [0, 0.05) is 25.2 Å². The number of Topliss-reactive ketones (excluding diaryl/α,β-unsaturated/α-hetero) is 1. The maximum Gasteiger partial charge on any atom is 0.319 e. The van der Waals surface area contributed by atoms with Crippen LogP contribution in [0.2, 0.25) is 0 Å². The SMILES string of the molecule is C=C.C=C/C(=C\C)CN1CCC(C(=O)OC)(C(=O)c2ccccc2)CC1. The highest BCUT2D eigenvalue weighted by Gasteiger charge is 2.48. The molecule has 1 aliphatic rings. The van der Waals surface area contributed by atoms with Crippen LogP contribution in [0.25, 0.3) is 0 Å². The van der Waals surface area contributed by atoms with Gasteiger partial charge < -0.3 is 4.74 Å². The minimum atomic E-state index is -1.07. The van der Waals surface area contributed by atoms with E-state index < -0.39 is 11.4 Å². The molecule has 0 bridgehead atoms. The summed E-state index contributed by atoms with van der Waals surface area (Å²) in [4.78, 5) is 27.7. The number of carbonyl (C=O) groups is 2. The van der Waals surface area contributed by atoms with Crippen molar-refractivity contribution in [2.24, 2.45) is 5.41 Å². The second-order valence-electron chi connectivity index (χ2n) is 6.11. The average molecular weight is 355 g/mol. The number of likely N-dealkylation sites (tertiary alicyclic amines) is 1. The minimum Gasteiger partial charge on any atom is -0.468 e. The van der Waals surface area contributed by atoms with E-state index in [0.717, 1.165) is 12.1 Å². The molecule has 0 N–H and O–H groups in total. The Hall–Kier alpha value is -2.46. The van der Waals surface area contributed by atoms with Gasteiger partial charge in [0.05, 0.1) is 7.11 Å². The van der Waals surface area contributed by atoms with Crippen LogP contribution in [0.5, 0.6) is 0 Å². The maximum absolute atomic E-state index is 13.0. The summed E-state index contributed by atoms with van der Waals surface area (Å²) in [5.41, 5.74) is 0.642. The van der Waals surface area contributed by atoms with E-state index in [-0.39, 0.29) is 5.78 Å². The number of allylic oxidation sites excluding steroid dienone is 1. The molecule has 1 fully saturated rings. The number of carbonyl (C=O) groups excluding carboxylic acids is 2. The second kappa shape index (κ2) is 10.5. The highest BCUT2D eigenvalue weighted by Crippen LogP contribution is 2.36. The normalized spacial score (nSPS) is 16.8. The van der Waals surface area contributed by atoms with E-state index >= 15 is 0 Å². The Morgan fingerprint density at radius 1 is 1.19 bits per heavy atom. The quantitative estimate of drug-likeness (QED) is 0.254. The van der Waals surface area contributed by atoms with Crippen molar-refractivity contribution in [1.82, 2.24) is 4.90 Å².